The van der Waals surface area contributed by atoms with Crippen LogP contribution in [0.4, 0.5) is 0 Å². The molecule has 18 heavy (non-hydrogen) atoms. The number of hydrogen-bond acceptors (Lipinski definition) is 4. The summed E-state index contributed by atoms with van der Waals surface area (Å²) < 4.78 is 7.21. The van der Waals surface area contributed by atoms with E-state index in [-0.39, 0.29) is 0 Å². The molecule has 0 radical (unpaired) electrons. The van der Waals surface area contributed by atoms with Gasteiger partial charge in [0.2, 0.25) is 0 Å². The molecule has 0 saturated heterocycles. The van der Waals surface area contributed by atoms with Gasteiger partial charge in [0.25, 0.3) is 0 Å². The van der Waals surface area contributed by atoms with E-state index in [1.807, 2.05) is 14.0 Å². The minimum atomic E-state index is 0.334. The summed E-state index contributed by atoms with van der Waals surface area (Å²) in [6.07, 6.45) is 0. The first-order valence-corrected chi connectivity index (χ1v) is 5.82. The lowest BCUT2D eigenvalue weighted by molar-refractivity contribution is 0.412. The number of aromatic nitrogens is 3. The molecule has 1 aromatic heterocycles. The number of hydrogen-bond donors (Lipinski definition) is 1. The van der Waals surface area contributed by atoms with Gasteiger partial charge in [-0.05, 0) is 31.0 Å². The van der Waals surface area contributed by atoms with Gasteiger partial charge < -0.3 is 10.5 Å². The molecule has 5 heteroatoms. The lowest BCUT2D eigenvalue weighted by Crippen LogP contribution is -2.00. The van der Waals surface area contributed by atoms with Gasteiger partial charge in [-0.15, -0.1) is 0 Å². The van der Waals surface area contributed by atoms with Crippen LogP contribution in [0.15, 0.2) is 12.1 Å². The second-order valence-electron chi connectivity index (χ2n) is 4.34. The largest absolute Gasteiger partial charge is 0.496 e. The van der Waals surface area contributed by atoms with Crippen LogP contribution in [0.1, 0.15) is 17.0 Å². The molecular weight excluding hydrogens is 228 g/mol. The van der Waals surface area contributed by atoms with E-state index in [0.29, 0.717) is 12.4 Å². The van der Waals surface area contributed by atoms with Crippen molar-refractivity contribution in [2.75, 3.05) is 7.11 Å². The second kappa shape index (κ2) is 4.78. The number of methoxy groups -OCH3 is 1. The maximum Gasteiger partial charge on any atom is 0.164 e. The van der Waals surface area contributed by atoms with Gasteiger partial charge in [-0.25, -0.2) is 9.67 Å². The molecule has 2 N–H and O–H groups in total. The quantitative estimate of drug-likeness (QED) is 0.892. The van der Waals surface area contributed by atoms with E-state index in [4.69, 9.17) is 10.5 Å². The Kier molecular flexibility index (Phi) is 3.34. The van der Waals surface area contributed by atoms with Crippen molar-refractivity contribution in [1.29, 1.82) is 0 Å². The van der Waals surface area contributed by atoms with E-state index in [1.54, 1.807) is 11.8 Å². The topological polar surface area (TPSA) is 66.0 Å². The van der Waals surface area contributed by atoms with Crippen molar-refractivity contribution in [3.8, 4) is 17.1 Å². The Morgan fingerprint density at radius 1 is 1.33 bits per heavy atom. The Hall–Kier alpha value is -1.88. The first-order chi connectivity index (χ1) is 8.56. The van der Waals surface area contributed by atoms with Crippen molar-refractivity contribution < 1.29 is 4.74 Å². The van der Waals surface area contributed by atoms with Crippen molar-refractivity contribution in [1.82, 2.24) is 14.8 Å². The molecule has 0 aliphatic carbocycles. The Morgan fingerprint density at radius 2 is 2.06 bits per heavy atom. The second-order valence-corrected chi connectivity index (χ2v) is 4.34. The van der Waals surface area contributed by atoms with Crippen LogP contribution in [0.5, 0.6) is 5.75 Å². The fraction of sp³-hybridized carbons (Fsp3) is 0.385. The van der Waals surface area contributed by atoms with Gasteiger partial charge >= 0.3 is 0 Å². The van der Waals surface area contributed by atoms with Crippen LogP contribution in [0.2, 0.25) is 0 Å². The van der Waals surface area contributed by atoms with Gasteiger partial charge in [-0.1, -0.05) is 6.07 Å². The lowest BCUT2D eigenvalue weighted by atomic mass is 10.0. The van der Waals surface area contributed by atoms with Crippen LogP contribution in [-0.2, 0) is 13.6 Å². The Labute approximate surface area is 107 Å². The molecular formula is C13H18N4O. The van der Waals surface area contributed by atoms with Crippen molar-refractivity contribution in [2.45, 2.75) is 20.4 Å². The first-order valence-electron chi connectivity index (χ1n) is 5.82. The molecule has 0 aliphatic heterocycles. The van der Waals surface area contributed by atoms with Crippen LogP contribution in [0, 0.1) is 13.8 Å². The van der Waals surface area contributed by atoms with E-state index in [2.05, 4.69) is 29.1 Å². The molecule has 0 amide bonds. The number of ether oxygens (including phenoxy) is 1. The molecule has 1 aromatic carbocycles. The Balaban J connectivity index is 2.65. The van der Waals surface area contributed by atoms with E-state index < -0.39 is 0 Å². The molecule has 1 heterocycles. The molecule has 0 aliphatic rings. The number of nitrogens with zero attached hydrogens (tertiary/aromatic N) is 3. The number of nitrogens with two attached hydrogens (primary N) is 1. The smallest absolute Gasteiger partial charge is 0.164 e. The predicted octanol–water partition coefficient (Wildman–Crippen LogP) is 1.57. The standard InChI is InChI=1S/C13H18N4O/c1-8-5-9(2)12(18-4)10(6-8)13-15-11(7-14)16-17(13)3/h5-6H,7,14H2,1-4H3. The van der Waals surface area contributed by atoms with Crippen LogP contribution in [-0.4, -0.2) is 21.9 Å². The zero-order chi connectivity index (χ0) is 13.3. The fourth-order valence-electron chi connectivity index (χ4n) is 2.15. The van der Waals surface area contributed by atoms with Crippen LogP contribution < -0.4 is 10.5 Å². The normalized spacial score (nSPS) is 10.7. The molecule has 96 valence electrons. The molecule has 2 aromatic rings. The zero-order valence-corrected chi connectivity index (χ0v) is 11.2. The summed E-state index contributed by atoms with van der Waals surface area (Å²) in [5, 5.41) is 4.27. The number of rotatable bonds is 3. The van der Waals surface area contributed by atoms with E-state index in [0.717, 1.165) is 22.7 Å². The highest BCUT2D eigenvalue weighted by Gasteiger charge is 2.15. The molecule has 0 fully saturated rings. The van der Waals surface area contributed by atoms with Gasteiger partial charge in [0, 0.05) is 7.05 Å². The van der Waals surface area contributed by atoms with Gasteiger partial charge in [0.1, 0.15) is 5.75 Å². The SMILES string of the molecule is COc1c(C)cc(C)cc1-c1nc(CN)nn1C. The van der Waals surface area contributed by atoms with E-state index in [1.165, 1.54) is 5.56 Å². The summed E-state index contributed by atoms with van der Waals surface area (Å²) in [7, 11) is 3.53. The van der Waals surface area contributed by atoms with Crippen LogP contribution in [0.3, 0.4) is 0 Å². The summed E-state index contributed by atoms with van der Waals surface area (Å²) in [5.41, 5.74) is 8.77. The van der Waals surface area contributed by atoms with Gasteiger partial charge in [-0.2, -0.15) is 5.10 Å². The minimum absolute atomic E-state index is 0.334. The zero-order valence-electron chi connectivity index (χ0n) is 11.2. The number of benzene rings is 1. The average molecular weight is 246 g/mol. The monoisotopic (exact) mass is 246 g/mol. The summed E-state index contributed by atoms with van der Waals surface area (Å²) >= 11 is 0. The molecule has 0 atom stereocenters. The molecule has 0 spiro atoms. The first kappa shape index (κ1) is 12.6. The highest BCUT2D eigenvalue weighted by Crippen LogP contribution is 2.32. The third-order valence-electron chi connectivity index (χ3n) is 2.85. The van der Waals surface area contributed by atoms with Crippen molar-refractivity contribution in [2.24, 2.45) is 12.8 Å². The minimum Gasteiger partial charge on any atom is -0.496 e. The van der Waals surface area contributed by atoms with E-state index in [9.17, 15) is 0 Å². The summed E-state index contributed by atoms with van der Waals surface area (Å²) in [6.45, 7) is 4.41. The Morgan fingerprint density at radius 3 is 2.61 bits per heavy atom. The molecule has 2 rings (SSSR count). The highest BCUT2D eigenvalue weighted by molar-refractivity contribution is 5.67. The molecule has 0 saturated carbocycles. The average Bonchev–Trinajstić information content (AvgIpc) is 2.69. The highest BCUT2D eigenvalue weighted by atomic mass is 16.5. The maximum atomic E-state index is 5.57. The van der Waals surface area contributed by atoms with Gasteiger partial charge in [0.05, 0.1) is 19.2 Å². The Bertz CT molecular complexity index is 575. The van der Waals surface area contributed by atoms with Crippen molar-refractivity contribution in [3.05, 3.63) is 29.1 Å². The summed E-state index contributed by atoms with van der Waals surface area (Å²) in [4.78, 5) is 4.44. The third-order valence-corrected chi connectivity index (χ3v) is 2.85. The molecule has 0 unspecified atom stereocenters. The lowest BCUT2D eigenvalue weighted by Gasteiger charge is -2.11. The van der Waals surface area contributed by atoms with Crippen molar-refractivity contribution >= 4 is 0 Å². The molecule has 5 nitrogen and oxygen atoms in total. The van der Waals surface area contributed by atoms with Crippen LogP contribution in [0.25, 0.3) is 11.4 Å². The fourth-order valence-corrected chi connectivity index (χ4v) is 2.15. The molecule has 0 bridgehead atoms. The summed E-state index contributed by atoms with van der Waals surface area (Å²) in [5.74, 6) is 2.24. The van der Waals surface area contributed by atoms with Gasteiger partial charge in [0.15, 0.2) is 11.6 Å². The summed E-state index contributed by atoms with van der Waals surface area (Å²) in [6, 6.07) is 4.14. The maximum absolute atomic E-state index is 5.57. The van der Waals surface area contributed by atoms with Crippen LogP contribution >= 0.6 is 0 Å². The van der Waals surface area contributed by atoms with Gasteiger partial charge in [-0.3, -0.25) is 0 Å². The predicted molar refractivity (Wildman–Crippen MR) is 70.4 cm³/mol. The van der Waals surface area contributed by atoms with Crippen molar-refractivity contribution in [3.63, 3.8) is 0 Å². The number of aryl methyl sites for hydroxylation is 3. The third kappa shape index (κ3) is 2.09. The van der Waals surface area contributed by atoms with E-state index >= 15 is 0 Å².